The van der Waals surface area contributed by atoms with Crippen LogP contribution in [0.25, 0.3) is 0 Å². The Hall–Kier alpha value is -1.00. The van der Waals surface area contributed by atoms with E-state index in [4.69, 9.17) is 5.73 Å². The fourth-order valence-corrected chi connectivity index (χ4v) is 2.65. The zero-order valence-corrected chi connectivity index (χ0v) is 10.4. The average molecular weight is 236 g/mol. The van der Waals surface area contributed by atoms with Gasteiger partial charge in [0, 0.05) is 23.2 Å². The van der Waals surface area contributed by atoms with Gasteiger partial charge in [0.15, 0.2) is 0 Å². The topological polar surface area (TPSA) is 46.3 Å². The van der Waals surface area contributed by atoms with Crippen LogP contribution in [-0.2, 0) is 4.79 Å². The summed E-state index contributed by atoms with van der Waals surface area (Å²) < 4.78 is 0. The average Bonchev–Trinajstić information content (AvgIpc) is 2.52. The van der Waals surface area contributed by atoms with E-state index in [1.807, 2.05) is 23.9 Å². The van der Waals surface area contributed by atoms with Crippen LogP contribution < -0.4 is 10.6 Å². The lowest BCUT2D eigenvalue weighted by Gasteiger charge is -2.10. The SMILES string of the molecule is CCCSc1ccc2c(c1)N(C)C(=O)C2N. The van der Waals surface area contributed by atoms with Gasteiger partial charge in [-0.2, -0.15) is 0 Å². The Bertz CT molecular complexity index is 419. The van der Waals surface area contributed by atoms with Crippen LogP contribution in [0.1, 0.15) is 24.9 Å². The highest BCUT2D eigenvalue weighted by atomic mass is 32.2. The molecule has 86 valence electrons. The summed E-state index contributed by atoms with van der Waals surface area (Å²) in [5.74, 6) is 1.08. The van der Waals surface area contributed by atoms with E-state index in [9.17, 15) is 4.79 Å². The zero-order chi connectivity index (χ0) is 11.7. The summed E-state index contributed by atoms with van der Waals surface area (Å²) in [6.45, 7) is 2.16. The molecule has 1 aliphatic rings. The molecule has 0 radical (unpaired) electrons. The Labute approximate surface area is 100.0 Å². The van der Waals surface area contributed by atoms with Crippen LogP contribution in [0.5, 0.6) is 0 Å². The first-order chi connectivity index (χ1) is 7.65. The molecule has 1 heterocycles. The van der Waals surface area contributed by atoms with Crippen LogP contribution in [0.15, 0.2) is 23.1 Å². The van der Waals surface area contributed by atoms with E-state index >= 15 is 0 Å². The van der Waals surface area contributed by atoms with Gasteiger partial charge in [0.25, 0.3) is 0 Å². The molecule has 16 heavy (non-hydrogen) atoms. The molecule has 0 spiro atoms. The molecule has 3 nitrogen and oxygen atoms in total. The van der Waals surface area contributed by atoms with Crippen molar-refractivity contribution < 1.29 is 4.79 Å². The van der Waals surface area contributed by atoms with Crippen molar-refractivity contribution in [3.63, 3.8) is 0 Å². The van der Waals surface area contributed by atoms with E-state index in [0.29, 0.717) is 0 Å². The Morgan fingerprint density at radius 1 is 1.50 bits per heavy atom. The number of benzene rings is 1. The zero-order valence-electron chi connectivity index (χ0n) is 9.56. The minimum atomic E-state index is -0.481. The summed E-state index contributed by atoms with van der Waals surface area (Å²) in [5, 5.41) is 0. The highest BCUT2D eigenvalue weighted by Gasteiger charge is 2.32. The second-order valence-electron chi connectivity index (χ2n) is 3.94. The van der Waals surface area contributed by atoms with Crippen LogP contribution in [0, 0.1) is 0 Å². The summed E-state index contributed by atoms with van der Waals surface area (Å²) in [5.41, 5.74) is 7.73. The molecule has 0 aliphatic carbocycles. The van der Waals surface area contributed by atoms with Gasteiger partial charge in [-0.3, -0.25) is 4.79 Å². The normalized spacial score (nSPS) is 19.1. The van der Waals surface area contributed by atoms with Crippen LogP contribution in [0.3, 0.4) is 0 Å². The second kappa shape index (κ2) is 4.47. The number of carbonyl (C=O) groups excluding carboxylic acids is 1. The number of nitrogens with two attached hydrogens (primary N) is 1. The minimum Gasteiger partial charge on any atom is -0.316 e. The lowest BCUT2D eigenvalue weighted by atomic mass is 10.1. The molecule has 0 aromatic heterocycles. The molecular weight excluding hydrogens is 220 g/mol. The van der Waals surface area contributed by atoms with E-state index in [-0.39, 0.29) is 5.91 Å². The number of thioether (sulfide) groups is 1. The monoisotopic (exact) mass is 236 g/mol. The fourth-order valence-electron chi connectivity index (χ4n) is 1.85. The number of amides is 1. The largest absolute Gasteiger partial charge is 0.316 e. The number of hydrogen-bond acceptors (Lipinski definition) is 3. The van der Waals surface area contributed by atoms with Gasteiger partial charge in [-0.15, -0.1) is 11.8 Å². The summed E-state index contributed by atoms with van der Waals surface area (Å²) in [7, 11) is 1.78. The fraction of sp³-hybridized carbons (Fsp3) is 0.417. The summed E-state index contributed by atoms with van der Waals surface area (Å²) in [6, 6.07) is 5.59. The van der Waals surface area contributed by atoms with Crippen molar-refractivity contribution in [1.29, 1.82) is 0 Å². The first-order valence-electron chi connectivity index (χ1n) is 5.45. The van der Waals surface area contributed by atoms with Crippen molar-refractivity contribution >= 4 is 23.4 Å². The maximum Gasteiger partial charge on any atom is 0.248 e. The van der Waals surface area contributed by atoms with Crippen molar-refractivity contribution in [3.8, 4) is 0 Å². The van der Waals surface area contributed by atoms with E-state index in [0.717, 1.165) is 23.4 Å². The van der Waals surface area contributed by atoms with Crippen molar-refractivity contribution in [2.45, 2.75) is 24.3 Å². The van der Waals surface area contributed by atoms with Crippen molar-refractivity contribution in [2.24, 2.45) is 5.73 Å². The van der Waals surface area contributed by atoms with Crippen molar-refractivity contribution in [2.75, 3.05) is 17.7 Å². The molecule has 1 aromatic carbocycles. The molecule has 2 N–H and O–H groups in total. The predicted molar refractivity (Wildman–Crippen MR) is 67.8 cm³/mol. The van der Waals surface area contributed by atoms with Gasteiger partial charge in [-0.25, -0.2) is 0 Å². The van der Waals surface area contributed by atoms with Gasteiger partial charge in [-0.05, 0) is 24.3 Å². The number of anilines is 1. The molecule has 1 aliphatic heterocycles. The lowest BCUT2D eigenvalue weighted by molar-refractivity contribution is -0.118. The highest BCUT2D eigenvalue weighted by Crippen LogP contribution is 2.36. The first kappa shape index (κ1) is 11.5. The van der Waals surface area contributed by atoms with Gasteiger partial charge in [0.05, 0.1) is 0 Å². The number of likely N-dealkylation sites (N-methyl/N-ethyl adjacent to an activating group) is 1. The standard InChI is InChI=1S/C12H16N2OS/c1-3-6-16-8-4-5-9-10(7-8)14(2)12(15)11(9)13/h4-5,7,11H,3,6,13H2,1-2H3. The maximum atomic E-state index is 11.7. The van der Waals surface area contributed by atoms with Crippen LogP contribution in [-0.4, -0.2) is 18.7 Å². The van der Waals surface area contributed by atoms with E-state index in [1.165, 1.54) is 4.90 Å². The predicted octanol–water partition coefficient (Wildman–Crippen LogP) is 2.16. The summed E-state index contributed by atoms with van der Waals surface area (Å²) in [4.78, 5) is 14.5. The summed E-state index contributed by atoms with van der Waals surface area (Å²) in [6.07, 6.45) is 1.15. The third kappa shape index (κ3) is 1.83. The van der Waals surface area contributed by atoms with Gasteiger partial charge < -0.3 is 10.6 Å². The van der Waals surface area contributed by atoms with Gasteiger partial charge in [0.2, 0.25) is 5.91 Å². The minimum absolute atomic E-state index is 0.0207. The molecule has 4 heteroatoms. The Morgan fingerprint density at radius 2 is 2.25 bits per heavy atom. The third-order valence-electron chi connectivity index (χ3n) is 2.77. The third-order valence-corrected chi connectivity index (χ3v) is 3.97. The number of hydrogen-bond donors (Lipinski definition) is 1. The molecule has 0 bridgehead atoms. The number of rotatable bonds is 3. The van der Waals surface area contributed by atoms with Gasteiger partial charge >= 0.3 is 0 Å². The molecule has 1 aromatic rings. The Morgan fingerprint density at radius 3 is 2.94 bits per heavy atom. The van der Waals surface area contributed by atoms with Crippen LogP contribution in [0.4, 0.5) is 5.69 Å². The number of carbonyl (C=O) groups is 1. The smallest absolute Gasteiger partial charge is 0.248 e. The number of fused-ring (bicyclic) bond motifs is 1. The second-order valence-corrected chi connectivity index (χ2v) is 5.11. The molecule has 1 atom stereocenters. The molecule has 1 amide bonds. The van der Waals surface area contributed by atoms with Crippen LogP contribution >= 0.6 is 11.8 Å². The first-order valence-corrected chi connectivity index (χ1v) is 6.43. The Balaban J connectivity index is 2.30. The molecular formula is C12H16N2OS. The summed E-state index contributed by atoms with van der Waals surface area (Å²) >= 11 is 1.81. The molecule has 0 saturated carbocycles. The number of nitrogens with zero attached hydrogens (tertiary/aromatic N) is 1. The molecule has 2 rings (SSSR count). The van der Waals surface area contributed by atoms with Gasteiger partial charge in [-0.1, -0.05) is 13.0 Å². The van der Waals surface area contributed by atoms with E-state index in [1.54, 1.807) is 11.9 Å². The molecule has 0 fully saturated rings. The molecule has 1 unspecified atom stereocenters. The Kier molecular flexibility index (Phi) is 3.21. The van der Waals surface area contributed by atoms with Crippen molar-refractivity contribution in [3.05, 3.63) is 23.8 Å². The lowest BCUT2D eigenvalue weighted by Crippen LogP contribution is -2.27. The highest BCUT2D eigenvalue weighted by molar-refractivity contribution is 7.99. The quantitative estimate of drug-likeness (QED) is 0.818. The van der Waals surface area contributed by atoms with E-state index in [2.05, 4.69) is 13.0 Å². The van der Waals surface area contributed by atoms with Gasteiger partial charge in [0.1, 0.15) is 6.04 Å². The van der Waals surface area contributed by atoms with E-state index < -0.39 is 6.04 Å². The van der Waals surface area contributed by atoms with Crippen LogP contribution in [0.2, 0.25) is 0 Å². The van der Waals surface area contributed by atoms with Crippen molar-refractivity contribution in [1.82, 2.24) is 0 Å². The maximum absolute atomic E-state index is 11.7. The molecule has 0 saturated heterocycles.